The van der Waals surface area contributed by atoms with Crippen molar-refractivity contribution in [2.45, 2.75) is 51.2 Å². The molecule has 2 amide bonds. The Morgan fingerprint density at radius 3 is 2.80 bits per heavy atom. The Hall–Kier alpha value is -1.55. The van der Waals surface area contributed by atoms with Gasteiger partial charge in [0.1, 0.15) is 0 Å². The predicted molar refractivity (Wildman–Crippen MR) is 79.0 cm³/mol. The molecule has 0 atom stereocenters. The number of hydrogen-bond donors (Lipinski definition) is 2. The highest BCUT2D eigenvalue weighted by Crippen LogP contribution is 2.29. The smallest absolute Gasteiger partial charge is 0.322 e. The summed E-state index contributed by atoms with van der Waals surface area (Å²) in [6, 6.07) is 6.53. The van der Waals surface area contributed by atoms with Gasteiger partial charge < -0.3 is 10.4 Å². The van der Waals surface area contributed by atoms with Crippen molar-refractivity contribution in [3.05, 3.63) is 29.3 Å². The number of anilines is 1. The lowest BCUT2D eigenvalue weighted by molar-refractivity contribution is 0.118. The van der Waals surface area contributed by atoms with E-state index in [0.29, 0.717) is 0 Å². The monoisotopic (exact) mass is 274 g/mol. The van der Waals surface area contributed by atoms with Crippen molar-refractivity contribution in [3.63, 3.8) is 0 Å². The van der Waals surface area contributed by atoms with Crippen LogP contribution >= 0.6 is 0 Å². The maximum Gasteiger partial charge on any atom is 0.322 e. The highest BCUT2D eigenvalue weighted by molar-refractivity contribution is 5.94. The molecule has 1 saturated carbocycles. The molecule has 2 aliphatic rings. The Morgan fingerprint density at radius 2 is 2.05 bits per heavy atom. The summed E-state index contributed by atoms with van der Waals surface area (Å²) in [5, 5.41) is 12.6. The van der Waals surface area contributed by atoms with Gasteiger partial charge in [-0.25, -0.2) is 4.79 Å². The highest BCUT2D eigenvalue weighted by Gasteiger charge is 2.27. The number of aliphatic hydroxyl groups is 1. The number of aliphatic hydroxyl groups excluding tert-OH is 1. The van der Waals surface area contributed by atoms with Gasteiger partial charge in [0.05, 0.1) is 6.10 Å². The average molecular weight is 274 g/mol. The Labute approximate surface area is 119 Å². The van der Waals surface area contributed by atoms with Crippen molar-refractivity contribution in [1.29, 1.82) is 0 Å². The maximum atomic E-state index is 12.4. The Kier molecular flexibility index (Phi) is 3.66. The lowest BCUT2D eigenvalue weighted by Gasteiger charge is -2.28. The molecular formula is C16H22N2O2. The van der Waals surface area contributed by atoms with Gasteiger partial charge in [-0.1, -0.05) is 12.1 Å². The molecule has 1 aromatic rings. The Balaban J connectivity index is 1.66. The molecule has 108 valence electrons. The summed E-state index contributed by atoms with van der Waals surface area (Å²) in [5.41, 5.74) is 3.49. The van der Waals surface area contributed by atoms with Crippen LogP contribution in [0.3, 0.4) is 0 Å². The number of benzene rings is 1. The third-order valence-corrected chi connectivity index (χ3v) is 4.41. The van der Waals surface area contributed by atoms with E-state index in [1.807, 2.05) is 4.90 Å². The highest BCUT2D eigenvalue weighted by atomic mass is 16.3. The summed E-state index contributed by atoms with van der Waals surface area (Å²) in [5.74, 6) is 0. The number of nitrogens with one attached hydrogen (secondary N) is 1. The van der Waals surface area contributed by atoms with E-state index >= 15 is 0 Å². The van der Waals surface area contributed by atoms with E-state index in [4.69, 9.17) is 0 Å². The van der Waals surface area contributed by atoms with Crippen LogP contribution in [0.4, 0.5) is 10.5 Å². The van der Waals surface area contributed by atoms with Crippen molar-refractivity contribution in [1.82, 2.24) is 5.32 Å². The van der Waals surface area contributed by atoms with Gasteiger partial charge in [0.15, 0.2) is 0 Å². The molecule has 0 aromatic heterocycles. The Morgan fingerprint density at radius 1 is 1.30 bits per heavy atom. The fourth-order valence-corrected chi connectivity index (χ4v) is 3.17. The first kappa shape index (κ1) is 13.4. The Bertz CT molecular complexity index is 507. The van der Waals surface area contributed by atoms with Gasteiger partial charge in [-0.05, 0) is 56.2 Å². The maximum absolute atomic E-state index is 12.4. The molecule has 0 saturated heterocycles. The first-order chi connectivity index (χ1) is 9.63. The van der Waals surface area contributed by atoms with Gasteiger partial charge in [-0.3, -0.25) is 4.90 Å². The van der Waals surface area contributed by atoms with Crippen molar-refractivity contribution in [3.8, 4) is 0 Å². The molecule has 1 fully saturated rings. The second-order valence-electron chi connectivity index (χ2n) is 5.99. The van der Waals surface area contributed by atoms with Crippen molar-refractivity contribution >= 4 is 11.7 Å². The summed E-state index contributed by atoms with van der Waals surface area (Å²) in [6.45, 7) is 2.82. The SMILES string of the molecule is Cc1ccc2c(c1)N(C(=O)NC1CCC(O)CC1)CC2. The summed E-state index contributed by atoms with van der Waals surface area (Å²) in [4.78, 5) is 14.3. The van der Waals surface area contributed by atoms with Crippen molar-refractivity contribution < 1.29 is 9.90 Å². The molecule has 4 heteroatoms. The molecular weight excluding hydrogens is 252 g/mol. The molecule has 0 unspecified atom stereocenters. The van der Waals surface area contributed by atoms with Crippen molar-refractivity contribution in [2.75, 3.05) is 11.4 Å². The second-order valence-corrected chi connectivity index (χ2v) is 5.99. The third kappa shape index (κ3) is 2.66. The van der Waals surface area contributed by atoms with E-state index < -0.39 is 0 Å². The zero-order valence-electron chi connectivity index (χ0n) is 11.9. The first-order valence-corrected chi connectivity index (χ1v) is 7.49. The molecule has 20 heavy (non-hydrogen) atoms. The quantitative estimate of drug-likeness (QED) is 0.826. The standard InChI is InChI=1S/C16H22N2O2/c1-11-2-3-12-8-9-18(15(12)10-11)16(20)17-13-4-6-14(19)7-5-13/h2-3,10,13-14,19H,4-9H2,1H3,(H,17,20). The number of hydrogen-bond acceptors (Lipinski definition) is 2. The van der Waals surface area contributed by atoms with Crippen LogP contribution in [-0.4, -0.2) is 29.8 Å². The van der Waals surface area contributed by atoms with Gasteiger partial charge in [0.2, 0.25) is 0 Å². The minimum Gasteiger partial charge on any atom is -0.393 e. The fourth-order valence-electron chi connectivity index (χ4n) is 3.17. The summed E-state index contributed by atoms with van der Waals surface area (Å²) < 4.78 is 0. The molecule has 0 bridgehead atoms. The minimum atomic E-state index is -0.182. The zero-order valence-corrected chi connectivity index (χ0v) is 11.9. The topological polar surface area (TPSA) is 52.6 Å². The zero-order chi connectivity index (χ0) is 14.1. The van der Waals surface area contributed by atoms with Crippen LogP contribution in [0.25, 0.3) is 0 Å². The molecule has 0 spiro atoms. The predicted octanol–water partition coefficient (Wildman–Crippen LogP) is 2.37. The molecule has 1 heterocycles. The normalized spacial score (nSPS) is 25.4. The molecule has 4 nitrogen and oxygen atoms in total. The summed E-state index contributed by atoms with van der Waals surface area (Å²) in [7, 11) is 0. The molecule has 1 aliphatic heterocycles. The average Bonchev–Trinajstić information content (AvgIpc) is 2.84. The van der Waals surface area contributed by atoms with Gasteiger partial charge >= 0.3 is 6.03 Å². The summed E-state index contributed by atoms with van der Waals surface area (Å²) in [6.07, 6.45) is 4.09. The van der Waals surface area contributed by atoms with Gasteiger partial charge in [0.25, 0.3) is 0 Å². The van der Waals surface area contributed by atoms with E-state index in [9.17, 15) is 9.90 Å². The van der Waals surface area contributed by atoms with Crippen LogP contribution in [0.2, 0.25) is 0 Å². The van der Waals surface area contributed by atoms with Crippen LogP contribution in [-0.2, 0) is 6.42 Å². The number of amides is 2. The second kappa shape index (κ2) is 5.44. The lowest BCUT2D eigenvalue weighted by atomic mass is 9.93. The van der Waals surface area contributed by atoms with E-state index in [-0.39, 0.29) is 18.2 Å². The molecule has 0 radical (unpaired) electrons. The van der Waals surface area contributed by atoms with E-state index in [1.54, 1.807) is 0 Å². The fraction of sp³-hybridized carbons (Fsp3) is 0.562. The number of urea groups is 1. The van der Waals surface area contributed by atoms with Crippen LogP contribution in [0.1, 0.15) is 36.8 Å². The van der Waals surface area contributed by atoms with E-state index in [0.717, 1.165) is 44.3 Å². The number of aryl methyl sites for hydroxylation is 1. The van der Waals surface area contributed by atoms with Gasteiger partial charge in [-0.2, -0.15) is 0 Å². The van der Waals surface area contributed by atoms with Crippen LogP contribution in [0.5, 0.6) is 0 Å². The number of carbonyl (C=O) groups excluding carboxylic acids is 1. The molecule has 3 rings (SSSR count). The van der Waals surface area contributed by atoms with Crippen LogP contribution in [0, 0.1) is 6.92 Å². The number of fused-ring (bicyclic) bond motifs is 1. The molecule has 1 aliphatic carbocycles. The van der Waals surface area contributed by atoms with Crippen molar-refractivity contribution in [2.24, 2.45) is 0 Å². The van der Waals surface area contributed by atoms with E-state index in [2.05, 4.69) is 30.4 Å². The largest absolute Gasteiger partial charge is 0.393 e. The van der Waals surface area contributed by atoms with Crippen LogP contribution < -0.4 is 10.2 Å². The van der Waals surface area contributed by atoms with Gasteiger partial charge in [-0.15, -0.1) is 0 Å². The number of nitrogens with zero attached hydrogens (tertiary/aromatic N) is 1. The first-order valence-electron chi connectivity index (χ1n) is 7.49. The minimum absolute atomic E-state index is 0.00994. The van der Waals surface area contributed by atoms with E-state index in [1.165, 1.54) is 11.1 Å². The summed E-state index contributed by atoms with van der Waals surface area (Å²) >= 11 is 0. The number of rotatable bonds is 1. The third-order valence-electron chi connectivity index (χ3n) is 4.41. The number of carbonyl (C=O) groups is 1. The lowest BCUT2D eigenvalue weighted by Crippen LogP contribution is -2.46. The molecule has 1 aromatic carbocycles. The van der Waals surface area contributed by atoms with Gasteiger partial charge in [0, 0.05) is 18.3 Å². The molecule has 2 N–H and O–H groups in total. The van der Waals surface area contributed by atoms with Crippen LogP contribution in [0.15, 0.2) is 18.2 Å².